The van der Waals surface area contributed by atoms with Crippen molar-refractivity contribution in [2.24, 2.45) is 0 Å². The number of rotatable bonds is 5. The van der Waals surface area contributed by atoms with Gasteiger partial charge in [-0.25, -0.2) is 4.98 Å². The molecule has 1 aromatic carbocycles. The van der Waals surface area contributed by atoms with Gasteiger partial charge in [-0.3, -0.25) is 0 Å². The molecule has 2 nitrogen and oxygen atoms in total. The van der Waals surface area contributed by atoms with Crippen molar-refractivity contribution in [1.82, 2.24) is 9.55 Å². The Bertz CT molecular complexity index is 555. The molecule has 2 unspecified atom stereocenters. The van der Waals surface area contributed by atoms with Gasteiger partial charge in [-0.05, 0) is 24.1 Å². The van der Waals surface area contributed by atoms with Gasteiger partial charge in [-0.15, -0.1) is 11.8 Å². The summed E-state index contributed by atoms with van der Waals surface area (Å²) in [6, 6.07) is 7.73. The molecule has 106 valence electrons. The van der Waals surface area contributed by atoms with E-state index in [0.29, 0.717) is 5.02 Å². The van der Waals surface area contributed by atoms with Gasteiger partial charge in [-0.2, -0.15) is 0 Å². The van der Waals surface area contributed by atoms with Crippen molar-refractivity contribution < 1.29 is 0 Å². The summed E-state index contributed by atoms with van der Waals surface area (Å²) < 4.78 is 2.82. The monoisotopic (exact) mass is 344 g/mol. The summed E-state index contributed by atoms with van der Waals surface area (Å²) in [4.78, 5) is 4.05. The lowest BCUT2D eigenvalue weighted by molar-refractivity contribution is 0.653. The Kier molecular flexibility index (Phi) is 5.90. The van der Waals surface area contributed by atoms with Crippen LogP contribution in [-0.4, -0.2) is 13.7 Å². The second-order valence-electron chi connectivity index (χ2n) is 4.20. The molecule has 0 amide bonds. The van der Waals surface area contributed by atoms with E-state index >= 15 is 0 Å². The Balaban J connectivity index is 2.28. The van der Waals surface area contributed by atoms with E-state index in [1.54, 1.807) is 24.3 Å². The van der Waals surface area contributed by atoms with Gasteiger partial charge < -0.3 is 4.57 Å². The Morgan fingerprint density at radius 3 is 2.65 bits per heavy atom. The zero-order chi connectivity index (χ0) is 14.5. The molecule has 0 aliphatic heterocycles. The Labute approximate surface area is 138 Å². The zero-order valence-electron chi connectivity index (χ0n) is 10.9. The molecule has 0 aliphatic rings. The maximum atomic E-state index is 6.60. The summed E-state index contributed by atoms with van der Waals surface area (Å²) in [5, 5.41) is 0.736. The number of alkyl halides is 1. The molecule has 20 heavy (non-hydrogen) atoms. The third-order valence-corrected chi connectivity index (χ3v) is 5.60. The molecule has 0 spiro atoms. The predicted molar refractivity (Wildman–Crippen MR) is 91.8 cm³/mol. The van der Waals surface area contributed by atoms with Crippen molar-refractivity contribution in [2.75, 3.05) is 0 Å². The maximum Gasteiger partial charge on any atom is 0.125 e. The van der Waals surface area contributed by atoms with Crippen LogP contribution in [0.3, 0.4) is 0 Å². The summed E-state index contributed by atoms with van der Waals surface area (Å²) in [5.41, 5.74) is 0.845. The SMILES string of the molecule is CCC(=S)SC(c1ccc(Cl)cc1)C(Cl)n1ccnc1. The first kappa shape index (κ1) is 15.8. The van der Waals surface area contributed by atoms with E-state index in [4.69, 9.17) is 35.4 Å². The second-order valence-corrected chi connectivity index (χ2v) is 7.07. The van der Waals surface area contributed by atoms with Crippen LogP contribution in [0.2, 0.25) is 5.02 Å². The van der Waals surface area contributed by atoms with Crippen LogP contribution in [-0.2, 0) is 0 Å². The lowest BCUT2D eigenvalue weighted by Crippen LogP contribution is -2.10. The van der Waals surface area contributed by atoms with Gasteiger partial charge in [0.25, 0.3) is 0 Å². The lowest BCUT2D eigenvalue weighted by Gasteiger charge is -2.23. The fourth-order valence-corrected chi connectivity index (χ4v) is 3.58. The standard InChI is InChI=1S/C14H14Cl2N2S2/c1-2-12(19)20-13(10-3-5-11(15)6-4-10)14(16)18-8-7-17-9-18/h3-9,13-14H,2H2,1H3. The molecule has 1 aromatic heterocycles. The number of imidazole rings is 1. The molecule has 1 heterocycles. The molecular weight excluding hydrogens is 331 g/mol. The molecule has 2 atom stereocenters. The quantitative estimate of drug-likeness (QED) is 0.527. The predicted octanol–water partition coefficient (Wildman–Crippen LogP) is 5.49. The van der Waals surface area contributed by atoms with Crippen LogP contribution < -0.4 is 0 Å². The van der Waals surface area contributed by atoms with E-state index in [1.165, 1.54) is 0 Å². The molecule has 0 saturated carbocycles. The van der Waals surface area contributed by atoms with Gasteiger partial charge in [-0.1, -0.05) is 54.5 Å². The van der Waals surface area contributed by atoms with Gasteiger partial charge in [0.1, 0.15) is 5.50 Å². The summed E-state index contributed by atoms with van der Waals surface area (Å²) in [5.74, 6) is 0. The summed E-state index contributed by atoms with van der Waals surface area (Å²) >= 11 is 19.5. The third-order valence-electron chi connectivity index (χ3n) is 2.81. The van der Waals surface area contributed by atoms with Crippen LogP contribution in [0.4, 0.5) is 0 Å². The highest BCUT2D eigenvalue weighted by Crippen LogP contribution is 2.42. The van der Waals surface area contributed by atoms with Gasteiger partial charge >= 0.3 is 0 Å². The van der Waals surface area contributed by atoms with Crippen molar-refractivity contribution in [1.29, 1.82) is 0 Å². The highest BCUT2D eigenvalue weighted by Gasteiger charge is 2.24. The number of thioether (sulfide) groups is 1. The van der Waals surface area contributed by atoms with E-state index in [2.05, 4.69) is 11.9 Å². The topological polar surface area (TPSA) is 17.8 Å². The van der Waals surface area contributed by atoms with E-state index in [0.717, 1.165) is 16.2 Å². The van der Waals surface area contributed by atoms with Gasteiger partial charge in [0, 0.05) is 21.6 Å². The molecule has 0 aliphatic carbocycles. The minimum atomic E-state index is -0.256. The fourth-order valence-electron chi connectivity index (χ4n) is 1.73. The largest absolute Gasteiger partial charge is 0.319 e. The number of nitrogens with zero attached hydrogens (tertiary/aromatic N) is 2. The molecule has 0 saturated heterocycles. The normalized spacial score (nSPS) is 13.9. The first-order valence-corrected chi connectivity index (χ1v) is 8.28. The Morgan fingerprint density at radius 1 is 1.40 bits per heavy atom. The number of hydrogen-bond donors (Lipinski definition) is 0. The molecular formula is C14H14Cl2N2S2. The average molecular weight is 345 g/mol. The molecule has 0 bridgehead atoms. The van der Waals surface area contributed by atoms with Crippen molar-refractivity contribution in [3.8, 4) is 0 Å². The first-order valence-electron chi connectivity index (χ1n) is 6.18. The van der Waals surface area contributed by atoms with Crippen LogP contribution in [0.5, 0.6) is 0 Å². The van der Waals surface area contributed by atoms with Crippen LogP contribution >= 0.6 is 47.2 Å². The van der Waals surface area contributed by atoms with Crippen molar-refractivity contribution in [2.45, 2.75) is 24.1 Å². The molecule has 0 radical (unpaired) electrons. The molecule has 2 rings (SSSR count). The Hall–Kier alpha value is -0.550. The average Bonchev–Trinajstić information content (AvgIpc) is 2.99. The molecule has 0 fully saturated rings. The molecule has 2 aromatic rings. The van der Waals surface area contributed by atoms with E-state index in [1.807, 2.05) is 35.0 Å². The van der Waals surface area contributed by atoms with Crippen molar-refractivity contribution >= 4 is 51.4 Å². The zero-order valence-corrected chi connectivity index (χ0v) is 14.0. The van der Waals surface area contributed by atoms with Gasteiger partial charge in [0.15, 0.2) is 0 Å². The van der Waals surface area contributed by atoms with Crippen molar-refractivity contribution in [3.05, 3.63) is 53.6 Å². The van der Waals surface area contributed by atoms with Gasteiger partial charge in [0.05, 0.1) is 11.6 Å². The molecule has 0 N–H and O–H groups in total. The summed E-state index contributed by atoms with van der Waals surface area (Å²) in [6.07, 6.45) is 6.14. The van der Waals surface area contributed by atoms with Crippen LogP contribution in [0.25, 0.3) is 0 Å². The molecule has 6 heteroatoms. The van der Waals surface area contributed by atoms with E-state index in [-0.39, 0.29) is 10.8 Å². The minimum absolute atomic E-state index is 0.0237. The second kappa shape index (κ2) is 7.46. The first-order chi connectivity index (χ1) is 9.61. The Morgan fingerprint density at radius 2 is 2.10 bits per heavy atom. The highest BCUT2D eigenvalue weighted by molar-refractivity contribution is 8.23. The summed E-state index contributed by atoms with van der Waals surface area (Å²) in [6.45, 7) is 2.05. The minimum Gasteiger partial charge on any atom is -0.319 e. The van der Waals surface area contributed by atoms with E-state index in [9.17, 15) is 0 Å². The third kappa shape index (κ3) is 3.98. The maximum absolute atomic E-state index is 6.60. The van der Waals surface area contributed by atoms with E-state index < -0.39 is 0 Å². The van der Waals surface area contributed by atoms with Gasteiger partial charge in [0.2, 0.25) is 0 Å². The van der Waals surface area contributed by atoms with Crippen LogP contribution in [0.15, 0.2) is 43.0 Å². The number of aromatic nitrogens is 2. The summed E-state index contributed by atoms with van der Waals surface area (Å²) in [7, 11) is 0. The van der Waals surface area contributed by atoms with Crippen LogP contribution in [0.1, 0.15) is 29.7 Å². The fraction of sp³-hybridized carbons (Fsp3) is 0.286. The number of halogens is 2. The number of hydrogen-bond acceptors (Lipinski definition) is 3. The lowest BCUT2D eigenvalue weighted by atomic mass is 10.1. The highest BCUT2D eigenvalue weighted by atomic mass is 35.5. The van der Waals surface area contributed by atoms with Crippen LogP contribution in [0, 0.1) is 0 Å². The number of thiocarbonyl (C=S) groups is 1. The smallest absolute Gasteiger partial charge is 0.125 e. The van der Waals surface area contributed by atoms with Crippen molar-refractivity contribution in [3.63, 3.8) is 0 Å². The number of benzene rings is 1.